The Bertz CT molecular complexity index is 413. The summed E-state index contributed by atoms with van der Waals surface area (Å²) in [6.45, 7) is -0.0352. The molecule has 0 aliphatic heterocycles. The summed E-state index contributed by atoms with van der Waals surface area (Å²) in [5, 5.41) is 0. The maximum absolute atomic E-state index is 12.6. The lowest BCUT2D eigenvalue weighted by molar-refractivity contribution is 0.0597. The predicted octanol–water partition coefficient (Wildman–Crippen LogP) is 2.03. The van der Waals surface area contributed by atoms with Crippen molar-refractivity contribution in [2.45, 2.75) is 13.0 Å². The minimum absolute atomic E-state index is 0.0233. The van der Waals surface area contributed by atoms with Crippen LogP contribution in [0, 0.1) is 0 Å². The quantitative estimate of drug-likeness (QED) is 0.866. The third-order valence-corrected chi connectivity index (χ3v) is 2.79. The summed E-state index contributed by atoms with van der Waals surface area (Å²) in [6, 6.07) is 0. The topological polar surface area (TPSA) is 65.2 Å². The van der Waals surface area contributed by atoms with Crippen LogP contribution in [0.2, 0.25) is 0 Å². The minimum Gasteiger partial charge on any atom is -0.465 e. The van der Waals surface area contributed by atoms with Crippen molar-refractivity contribution in [2.24, 2.45) is 5.73 Å². The summed E-state index contributed by atoms with van der Waals surface area (Å²) < 4.78 is 29.6. The number of aromatic nitrogens is 1. The molecule has 0 unspecified atom stereocenters. The molecule has 0 radical (unpaired) electrons. The SMILES string of the molecule is COC(=O)c1c(CN)ncc(C(F)F)c1Br. The van der Waals surface area contributed by atoms with Gasteiger partial charge in [-0.1, -0.05) is 0 Å². The number of rotatable bonds is 3. The van der Waals surface area contributed by atoms with Crippen molar-refractivity contribution < 1.29 is 18.3 Å². The maximum atomic E-state index is 12.6. The first-order valence-corrected chi connectivity index (χ1v) is 5.06. The highest BCUT2D eigenvalue weighted by Gasteiger charge is 2.23. The first-order valence-electron chi connectivity index (χ1n) is 4.26. The van der Waals surface area contributed by atoms with Gasteiger partial charge in [0.15, 0.2) is 0 Å². The number of nitrogens with two attached hydrogens (primary N) is 1. The van der Waals surface area contributed by atoms with Crippen molar-refractivity contribution in [1.82, 2.24) is 4.98 Å². The van der Waals surface area contributed by atoms with Crippen LogP contribution >= 0.6 is 15.9 Å². The number of carbonyl (C=O) groups is 1. The van der Waals surface area contributed by atoms with Crippen LogP contribution in [-0.2, 0) is 11.3 Å². The molecular formula is C9H9BrF2N2O2. The van der Waals surface area contributed by atoms with Crippen LogP contribution in [-0.4, -0.2) is 18.1 Å². The van der Waals surface area contributed by atoms with E-state index in [0.717, 1.165) is 13.3 Å². The molecule has 0 amide bonds. The molecule has 1 heterocycles. The summed E-state index contributed by atoms with van der Waals surface area (Å²) in [5.41, 5.74) is 5.15. The molecule has 88 valence electrons. The molecule has 7 heteroatoms. The lowest BCUT2D eigenvalue weighted by Gasteiger charge is -2.11. The van der Waals surface area contributed by atoms with Gasteiger partial charge in [-0.3, -0.25) is 4.98 Å². The molecule has 16 heavy (non-hydrogen) atoms. The highest BCUT2D eigenvalue weighted by atomic mass is 79.9. The van der Waals surface area contributed by atoms with Crippen LogP contribution in [0.15, 0.2) is 10.7 Å². The number of methoxy groups -OCH3 is 1. The van der Waals surface area contributed by atoms with Gasteiger partial charge in [-0.15, -0.1) is 0 Å². The van der Waals surface area contributed by atoms with E-state index < -0.39 is 12.4 Å². The van der Waals surface area contributed by atoms with Gasteiger partial charge in [0.2, 0.25) is 0 Å². The molecule has 0 saturated carbocycles. The first-order chi connectivity index (χ1) is 7.52. The summed E-state index contributed by atoms with van der Waals surface area (Å²) in [6.07, 6.45) is -1.74. The molecule has 2 N–H and O–H groups in total. The van der Waals surface area contributed by atoms with Crippen LogP contribution in [0.3, 0.4) is 0 Å². The molecule has 4 nitrogen and oxygen atoms in total. The molecule has 1 rings (SSSR count). The fraction of sp³-hybridized carbons (Fsp3) is 0.333. The van der Waals surface area contributed by atoms with Crippen molar-refractivity contribution >= 4 is 21.9 Å². The molecular weight excluding hydrogens is 286 g/mol. The van der Waals surface area contributed by atoms with E-state index in [0.29, 0.717) is 0 Å². The first kappa shape index (κ1) is 13.0. The second-order valence-corrected chi connectivity index (χ2v) is 3.64. The third-order valence-electron chi connectivity index (χ3n) is 1.94. The molecule has 1 aromatic heterocycles. The maximum Gasteiger partial charge on any atom is 0.340 e. The number of esters is 1. The zero-order chi connectivity index (χ0) is 12.3. The van der Waals surface area contributed by atoms with Crippen molar-refractivity contribution in [3.63, 3.8) is 0 Å². The van der Waals surface area contributed by atoms with Gasteiger partial charge < -0.3 is 10.5 Å². The fourth-order valence-electron chi connectivity index (χ4n) is 1.16. The van der Waals surface area contributed by atoms with E-state index in [1.807, 2.05) is 0 Å². The average Bonchev–Trinajstić information content (AvgIpc) is 2.26. The highest BCUT2D eigenvalue weighted by Crippen LogP contribution is 2.31. The van der Waals surface area contributed by atoms with Gasteiger partial charge in [0.1, 0.15) is 0 Å². The number of alkyl halides is 2. The second-order valence-electron chi connectivity index (χ2n) is 2.85. The van der Waals surface area contributed by atoms with Gasteiger partial charge in [0, 0.05) is 17.2 Å². The molecule has 0 bridgehead atoms. The molecule has 0 aliphatic carbocycles. The fourth-order valence-corrected chi connectivity index (χ4v) is 1.82. The molecule has 0 fully saturated rings. The molecule has 0 aromatic carbocycles. The monoisotopic (exact) mass is 294 g/mol. The Kier molecular flexibility index (Phi) is 4.31. The Morgan fingerprint density at radius 3 is 2.75 bits per heavy atom. The van der Waals surface area contributed by atoms with Gasteiger partial charge in [0.25, 0.3) is 6.43 Å². The molecule has 0 aliphatic rings. The Morgan fingerprint density at radius 1 is 1.69 bits per heavy atom. The number of carbonyl (C=O) groups excluding carboxylic acids is 1. The van der Waals surface area contributed by atoms with Gasteiger partial charge in [-0.25, -0.2) is 13.6 Å². The number of hydrogen-bond donors (Lipinski definition) is 1. The zero-order valence-electron chi connectivity index (χ0n) is 8.34. The van der Waals surface area contributed by atoms with E-state index in [2.05, 4.69) is 25.7 Å². The smallest absolute Gasteiger partial charge is 0.340 e. The normalized spacial score (nSPS) is 10.6. The van der Waals surface area contributed by atoms with Crippen LogP contribution < -0.4 is 5.73 Å². The Hall–Kier alpha value is -1.08. The van der Waals surface area contributed by atoms with Crippen molar-refractivity contribution in [3.05, 3.63) is 27.5 Å². The number of nitrogens with zero attached hydrogens (tertiary/aromatic N) is 1. The summed E-state index contributed by atoms with van der Waals surface area (Å²) >= 11 is 2.94. The van der Waals surface area contributed by atoms with E-state index >= 15 is 0 Å². The lowest BCUT2D eigenvalue weighted by atomic mass is 10.1. The molecule has 0 spiro atoms. The van der Waals surface area contributed by atoms with E-state index in [1.165, 1.54) is 0 Å². The lowest BCUT2D eigenvalue weighted by Crippen LogP contribution is -2.13. The molecule has 0 atom stereocenters. The largest absolute Gasteiger partial charge is 0.465 e. The van der Waals surface area contributed by atoms with Crippen LogP contribution in [0.5, 0.6) is 0 Å². The Balaban J connectivity index is 3.40. The van der Waals surface area contributed by atoms with Gasteiger partial charge in [-0.05, 0) is 15.9 Å². The number of hydrogen-bond acceptors (Lipinski definition) is 4. The minimum atomic E-state index is -2.72. The van der Waals surface area contributed by atoms with E-state index in [1.54, 1.807) is 0 Å². The highest BCUT2D eigenvalue weighted by molar-refractivity contribution is 9.10. The Morgan fingerprint density at radius 2 is 2.31 bits per heavy atom. The second kappa shape index (κ2) is 5.31. The summed E-state index contributed by atoms with van der Waals surface area (Å²) in [7, 11) is 1.16. The standard InChI is InChI=1S/C9H9BrF2N2O2/c1-16-9(15)6-5(2-13)14-3-4(7(6)10)8(11)12/h3,8H,2,13H2,1H3. The third kappa shape index (κ3) is 2.35. The zero-order valence-corrected chi connectivity index (χ0v) is 9.92. The van der Waals surface area contributed by atoms with Crippen LogP contribution in [0.4, 0.5) is 8.78 Å². The average molecular weight is 295 g/mol. The Labute approximate surface area is 98.9 Å². The van der Waals surface area contributed by atoms with Crippen LogP contribution in [0.25, 0.3) is 0 Å². The van der Waals surface area contributed by atoms with Crippen LogP contribution in [0.1, 0.15) is 28.0 Å². The molecule has 0 saturated heterocycles. The molecule has 1 aromatic rings. The van der Waals surface area contributed by atoms with Crippen molar-refractivity contribution in [3.8, 4) is 0 Å². The number of halogens is 3. The van der Waals surface area contributed by atoms with E-state index in [4.69, 9.17) is 5.73 Å². The summed E-state index contributed by atoms with van der Waals surface area (Å²) in [5.74, 6) is -0.748. The van der Waals surface area contributed by atoms with Gasteiger partial charge in [0.05, 0.1) is 23.9 Å². The number of ether oxygens (including phenoxy) is 1. The predicted molar refractivity (Wildman–Crippen MR) is 56.1 cm³/mol. The van der Waals surface area contributed by atoms with E-state index in [-0.39, 0.29) is 27.8 Å². The van der Waals surface area contributed by atoms with E-state index in [9.17, 15) is 13.6 Å². The van der Waals surface area contributed by atoms with Gasteiger partial charge >= 0.3 is 5.97 Å². The van der Waals surface area contributed by atoms with Gasteiger partial charge in [-0.2, -0.15) is 0 Å². The summed E-state index contributed by atoms with van der Waals surface area (Å²) in [4.78, 5) is 15.1. The number of pyridine rings is 1. The van der Waals surface area contributed by atoms with Crippen molar-refractivity contribution in [1.29, 1.82) is 0 Å². The van der Waals surface area contributed by atoms with Crippen molar-refractivity contribution in [2.75, 3.05) is 7.11 Å².